The lowest BCUT2D eigenvalue weighted by molar-refractivity contribution is 0.371. The van der Waals surface area contributed by atoms with Crippen LogP contribution in [0.4, 0.5) is 5.00 Å². The Kier molecular flexibility index (Phi) is 4.43. The van der Waals surface area contributed by atoms with E-state index in [-0.39, 0.29) is 0 Å². The molecule has 1 aromatic heterocycles. The smallest absolute Gasteiger partial charge is 0.193 e. The van der Waals surface area contributed by atoms with Crippen molar-refractivity contribution in [1.82, 2.24) is 10.2 Å². The highest BCUT2D eigenvalue weighted by Crippen LogP contribution is 2.34. The summed E-state index contributed by atoms with van der Waals surface area (Å²) in [5.74, 6) is 1.68. The topological polar surface area (TPSA) is 30.9 Å². The molecule has 1 aliphatic heterocycles. The van der Waals surface area contributed by atoms with Crippen LogP contribution in [0.1, 0.15) is 17.0 Å². The van der Waals surface area contributed by atoms with Gasteiger partial charge < -0.3 is 15.1 Å². The number of hydrogen-bond donors (Lipinski definition) is 1. The molecule has 1 aliphatic carbocycles. The second kappa shape index (κ2) is 6.85. The van der Waals surface area contributed by atoms with E-state index >= 15 is 0 Å². The molecule has 2 heterocycles. The number of fused-ring (bicyclic) bond motifs is 1. The molecule has 4 rings (SSSR count). The molecule has 0 bridgehead atoms. The molecule has 5 heteroatoms. The largest absolute Gasteiger partial charge is 0.360 e. The maximum Gasteiger partial charge on any atom is 0.193 e. The number of rotatable bonds is 3. The molecule has 0 spiro atoms. The molecule has 2 aromatic rings. The molecule has 0 amide bonds. The third kappa shape index (κ3) is 3.00. The van der Waals surface area contributed by atoms with Crippen molar-refractivity contribution < 1.29 is 0 Å². The zero-order valence-electron chi connectivity index (χ0n) is 14.1. The van der Waals surface area contributed by atoms with E-state index in [9.17, 15) is 0 Å². The van der Waals surface area contributed by atoms with Gasteiger partial charge in [-0.1, -0.05) is 24.3 Å². The molecule has 126 valence electrons. The lowest BCUT2D eigenvalue weighted by Crippen LogP contribution is -2.53. The van der Waals surface area contributed by atoms with E-state index in [2.05, 4.69) is 61.9 Å². The minimum Gasteiger partial charge on any atom is -0.360 e. The third-order valence-electron chi connectivity index (χ3n) is 5.08. The van der Waals surface area contributed by atoms with Gasteiger partial charge in [-0.2, -0.15) is 0 Å². The molecule has 1 atom stereocenters. The minimum atomic E-state index is 0.630. The quantitative estimate of drug-likeness (QED) is 0.688. The summed E-state index contributed by atoms with van der Waals surface area (Å²) in [5, 5.41) is 7.12. The Hall–Kier alpha value is -2.01. The van der Waals surface area contributed by atoms with Crippen LogP contribution < -0.4 is 10.2 Å². The van der Waals surface area contributed by atoms with Gasteiger partial charge in [0, 0.05) is 45.7 Å². The van der Waals surface area contributed by atoms with Crippen molar-refractivity contribution in [3.63, 3.8) is 0 Å². The third-order valence-corrected chi connectivity index (χ3v) is 6.01. The highest BCUT2D eigenvalue weighted by molar-refractivity contribution is 7.14. The van der Waals surface area contributed by atoms with Crippen molar-refractivity contribution in [1.29, 1.82) is 0 Å². The van der Waals surface area contributed by atoms with Crippen molar-refractivity contribution >= 4 is 22.3 Å². The molecular formula is C19H24N4S. The number of piperazine rings is 1. The Bertz CT molecular complexity index is 702. The Morgan fingerprint density at radius 3 is 2.71 bits per heavy atom. The van der Waals surface area contributed by atoms with E-state index in [1.54, 1.807) is 0 Å². The van der Waals surface area contributed by atoms with Gasteiger partial charge in [-0.05, 0) is 35.1 Å². The van der Waals surface area contributed by atoms with Gasteiger partial charge in [0.05, 0.1) is 5.00 Å². The van der Waals surface area contributed by atoms with Crippen molar-refractivity contribution in [2.45, 2.75) is 12.3 Å². The number of nitrogens with one attached hydrogen (secondary N) is 1. The fraction of sp³-hybridized carbons (Fsp3) is 0.421. The average Bonchev–Trinajstić information content (AvgIpc) is 3.14. The number of guanidine groups is 1. The molecule has 1 aromatic carbocycles. The minimum absolute atomic E-state index is 0.630. The number of aliphatic imine (C=N–C) groups is 1. The van der Waals surface area contributed by atoms with Crippen LogP contribution in [0.2, 0.25) is 0 Å². The monoisotopic (exact) mass is 340 g/mol. The lowest BCUT2D eigenvalue weighted by atomic mass is 9.78. The fourth-order valence-corrected chi connectivity index (χ4v) is 4.47. The Balaban J connectivity index is 1.30. The van der Waals surface area contributed by atoms with E-state index in [0.717, 1.165) is 38.7 Å². The lowest BCUT2D eigenvalue weighted by Gasteiger charge is -2.38. The molecule has 2 aliphatic rings. The van der Waals surface area contributed by atoms with Crippen LogP contribution in [0.5, 0.6) is 0 Å². The highest BCUT2D eigenvalue weighted by atomic mass is 32.1. The second-order valence-corrected chi connectivity index (χ2v) is 7.38. The molecule has 1 fully saturated rings. The van der Waals surface area contributed by atoms with Crippen LogP contribution >= 0.6 is 11.3 Å². The summed E-state index contributed by atoms with van der Waals surface area (Å²) in [7, 11) is 1.89. The molecule has 1 N–H and O–H groups in total. The Morgan fingerprint density at radius 2 is 2.00 bits per heavy atom. The van der Waals surface area contributed by atoms with Crippen LogP contribution in [0.3, 0.4) is 0 Å². The first-order valence-electron chi connectivity index (χ1n) is 8.67. The second-order valence-electron chi connectivity index (χ2n) is 6.45. The molecular weight excluding hydrogens is 316 g/mol. The predicted octanol–water partition coefficient (Wildman–Crippen LogP) is 2.79. The molecule has 0 saturated carbocycles. The zero-order valence-corrected chi connectivity index (χ0v) is 14.9. The van der Waals surface area contributed by atoms with Crippen LogP contribution in [0.25, 0.3) is 0 Å². The molecule has 1 unspecified atom stereocenters. The Labute approximate surface area is 147 Å². The Morgan fingerprint density at radius 1 is 1.17 bits per heavy atom. The number of thiophene rings is 1. The molecule has 1 saturated heterocycles. The van der Waals surface area contributed by atoms with E-state index in [1.807, 2.05) is 18.4 Å². The number of nitrogens with zero attached hydrogens (tertiary/aromatic N) is 3. The molecule has 4 nitrogen and oxygen atoms in total. The normalized spacial score (nSPS) is 20.5. The van der Waals surface area contributed by atoms with Crippen molar-refractivity contribution in [2.24, 2.45) is 4.99 Å². The number of anilines is 1. The molecule has 24 heavy (non-hydrogen) atoms. The summed E-state index contributed by atoms with van der Waals surface area (Å²) >= 11 is 1.82. The van der Waals surface area contributed by atoms with Crippen LogP contribution in [-0.2, 0) is 6.42 Å². The standard InChI is InChI=1S/C19H24N4S/c1-20-19(21-14-16-13-15-5-2-3-6-17(15)16)23-10-8-22(9-11-23)18-7-4-12-24-18/h2-7,12,16H,8-11,13-14H2,1H3,(H,20,21). The summed E-state index contributed by atoms with van der Waals surface area (Å²) in [4.78, 5) is 9.35. The highest BCUT2D eigenvalue weighted by Gasteiger charge is 2.26. The van der Waals surface area contributed by atoms with E-state index < -0.39 is 0 Å². The van der Waals surface area contributed by atoms with Gasteiger partial charge in [0.15, 0.2) is 5.96 Å². The van der Waals surface area contributed by atoms with Gasteiger partial charge in [0.25, 0.3) is 0 Å². The fourth-order valence-electron chi connectivity index (χ4n) is 3.68. The first kappa shape index (κ1) is 15.5. The van der Waals surface area contributed by atoms with Gasteiger partial charge in [-0.15, -0.1) is 11.3 Å². The number of hydrogen-bond acceptors (Lipinski definition) is 3. The first-order chi connectivity index (χ1) is 11.8. The van der Waals surface area contributed by atoms with Crippen LogP contribution in [0.15, 0.2) is 46.8 Å². The van der Waals surface area contributed by atoms with Crippen molar-refractivity contribution in [2.75, 3.05) is 44.7 Å². The maximum atomic E-state index is 4.50. The van der Waals surface area contributed by atoms with E-state index in [1.165, 1.54) is 22.5 Å². The first-order valence-corrected chi connectivity index (χ1v) is 9.55. The average molecular weight is 340 g/mol. The van der Waals surface area contributed by atoms with Gasteiger partial charge in [-0.3, -0.25) is 4.99 Å². The van der Waals surface area contributed by atoms with Gasteiger partial charge >= 0.3 is 0 Å². The van der Waals surface area contributed by atoms with Crippen molar-refractivity contribution in [3.05, 3.63) is 52.9 Å². The maximum absolute atomic E-state index is 4.50. The van der Waals surface area contributed by atoms with Crippen LogP contribution in [0, 0.1) is 0 Å². The van der Waals surface area contributed by atoms with Gasteiger partial charge in [-0.25, -0.2) is 0 Å². The van der Waals surface area contributed by atoms with E-state index in [4.69, 9.17) is 0 Å². The van der Waals surface area contributed by atoms with Gasteiger partial charge in [0.2, 0.25) is 0 Å². The summed E-state index contributed by atoms with van der Waals surface area (Å²) in [6.45, 7) is 5.16. The zero-order chi connectivity index (χ0) is 16.4. The SMILES string of the molecule is CN=C(NCC1Cc2ccccc21)N1CCN(c2cccs2)CC1. The van der Waals surface area contributed by atoms with Crippen LogP contribution in [-0.4, -0.2) is 50.6 Å². The predicted molar refractivity (Wildman–Crippen MR) is 102 cm³/mol. The van der Waals surface area contributed by atoms with Gasteiger partial charge in [0.1, 0.15) is 0 Å². The summed E-state index contributed by atoms with van der Waals surface area (Å²) in [6.07, 6.45) is 1.19. The molecule has 0 radical (unpaired) electrons. The summed E-state index contributed by atoms with van der Waals surface area (Å²) < 4.78 is 0. The van der Waals surface area contributed by atoms with Crippen molar-refractivity contribution in [3.8, 4) is 0 Å². The summed E-state index contributed by atoms with van der Waals surface area (Å²) in [6, 6.07) is 13.1. The van der Waals surface area contributed by atoms with E-state index in [0.29, 0.717) is 5.92 Å². The summed E-state index contributed by atoms with van der Waals surface area (Å²) in [5.41, 5.74) is 3.01. The number of benzene rings is 1.